The summed E-state index contributed by atoms with van der Waals surface area (Å²) in [7, 11) is 0. The molecule has 2 aliphatic carbocycles. The van der Waals surface area contributed by atoms with Crippen LogP contribution >= 0.6 is 11.6 Å². The van der Waals surface area contributed by atoms with E-state index in [1.54, 1.807) is 24.3 Å². The molecule has 2 aliphatic rings. The highest BCUT2D eigenvalue weighted by Gasteiger charge is 2.27. The Labute approximate surface area is 338 Å². The molecule has 0 fully saturated rings. The highest BCUT2D eigenvalue weighted by Crippen LogP contribution is 2.44. The second-order valence-corrected chi connectivity index (χ2v) is 15.9. The number of hydrogen-bond donors (Lipinski definition) is 2. The number of benzene rings is 4. The number of halogens is 3. The summed E-state index contributed by atoms with van der Waals surface area (Å²) in [6, 6.07) is 24.8. The first-order valence-corrected chi connectivity index (χ1v) is 20.0. The predicted octanol–water partition coefficient (Wildman–Crippen LogP) is 12.5. The highest BCUT2D eigenvalue weighted by molar-refractivity contribution is 6.30. The molecule has 0 saturated carbocycles. The zero-order valence-corrected chi connectivity index (χ0v) is 33.5. The fraction of sp³-hybridized carbons (Fsp3) is 0.286. The van der Waals surface area contributed by atoms with Crippen molar-refractivity contribution in [2.24, 2.45) is 0 Å². The Balaban J connectivity index is 0.000000174. The Kier molecular flexibility index (Phi) is 12.0. The van der Waals surface area contributed by atoms with Gasteiger partial charge in [-0.05, 0) is 131 Å². The minimum absolute atomic E-state index is 0.0893. The molecule has 0 saturated heterocycles. The van der Waals surface area contributed by atoms with E-state index in [0.717, 1.165) is 128 Å². The van der Waals surface area contributed by atoms with Crippen molar-refractivity contribution in [2.45, 2.75) is 91.3 Å². The maximum atomic E-state index is 13.6. The fourth-order valence-corrected chi connectivity index (χ4v) is 8.70. The number of hydrogen-bond acceptors (Lipinski definition) is 4. The zero-order valence-electron chi connectivity index (χ0n) is 32.8. The van der Waals surface area contributed by atoms with Crippen LogP contribution in [0.4, 0.5) is 14.5 Å². The summed E-state index contributed by atoms with van der Waals surface area (Å²) >= 11 is 6.24. The van der Waals surface area contributed by atoms with Crippen LogP contribution in [0.1, 0.15) is 97.1 Å². The topological polar surface area (TPSA) is 70.6 Å². The number of aliphatic hydroxyl groups excluding tert-OH is 2. The molecule has 0 spiro atoms. The van der Waals surface area contributed by atoms with Crippen LogP contribution in [0.25, 0.3) is 49.6 Å². The van der Waals surface area contributed by atoms with Gasteiger partial charge in [0.25, 0.3) is 0 Å². The average molecular weight is 782 g/mol. The lowest BCUT2D eigenvalue weighted by Gasteiger charge is -2.22. The van der Waals surface area contributed by atoms with E-state index in [-0.39, 0.29) is 36.7 Å². The smallest absolute Gasteiger partial charge is 0.187 e. The van der Waals surface area contributed by atoms with Gasteiger partial charge < -0.3 is 10.2 Å². The van der Waals surface area contributed by atoms with Gasteiger partial charge in [0.15, 0.2) is 5.69 Å². The van der Waals surface area contributed by atoms with E-state index in [1.807, 2.05) is 36.4 Å². The highest BCUT2D eigenvalue weighted by atomic mass is 35.5. The maximum Gasteiger partial charge on any atom is 0.187 e. The van der Waals surface area contributed by atoms with Gasteiger partial charge in [-0.15, -0.1) is 0 Å². The SMILES string of the molecule is CC(C)c1nc2c(c(-c3ccc(F)cc3)c1CO)CCCc1cc(Cl)ccc1-2.[C-]#[N+]c1ccc2c(c1)CCCc1c-2nc(C(C)C)c(CO)c1-c1ccc(F)cc1. The third-order valence-electron chi connectivity index (χ3n) is 11.1. The summed E-state index contributed by atoms with van der Waals surface area (Å²) in [5.41, 5.74) is 16.5. The summed E-state index contributed by atoms with van der Waals surface area (Å²) in [5, 5.41) is 21.2. The molecule has 290 valence electrons. The van der Waals surface area contributed by atoms with E-state index in [1.165, 1.54) is 29.8 Å². The van der Waals surface area contributed by atoms with Crippen molar-refractivity contribution in [1.29, 1.82) is 0 Å². The van der Waals surface area contributed by atoms with Crippen molar-refractivity contribution in [3.8, 4) is 44.8 Å². The van der Waals surface area contributed by atoms with Gasteiger partial charge in [-0.1, -0.05) is 87.8 Å². The molecular formula is C49H46ClF2N3O2. The number of aromatic nitrogens is 2. The van der Waals surface area contributed by atoms with Gasteiger partial charge >= 0.3 is 0 Å². The van der Waals surface area contributed by atoms with Crippen LogP contribution in [0.5, 0.6) is 0 Å². The predicted molar refractivity (Wildman–Crippen MR) is 225 cm³/mol. The molecule has 0 amide bonds. The van der Waals surface area contributed by atoms with Crippen LogP contribution in [-0.2, 0) is 38.9 Å². The molecule has 0 unspecified atom stereocenters. The van der Waals surface area contributed by atoms with Gasteiger partial charge in [0.2, 0.25) is 0 Å². The summed E-state index contributed by atoms with van der Waals surface area (Å²) in [6.07, 6.45) is 5.39. The molecule has 8 rings (SSSR count). The number of aliphatic hydroxyl groups is 2. The zero-order chi connectivity index (χ0) is 40.4. The number of fused-ring (bicyclic) bond motifs is 6. The van der Waals surface area contributed by atoms with Crippen molar-refractivity contribution >= 4 is 17.3 Å². The van der Waals surface area contributed by atoms with E-state index in [9.17, 15) is 19.0 Å². The lowest BCUT2D eigenvalue weighted by Crippen LogP contribution is -2.09. The third kappa shape index (κ3) is 8.00. The van der Waals surface area contributed by atoms with Crippen molar-refractivity contribution in [1.82, 2.24) is 9.97 Å². The molecule has 2 aromatic heterocycles. The molecule has 0 aliphatic heterocycles. The lowest BCUT2D eigenvalue weighted by molar-refractivity contribution is 0.279. The number of rotatable bonds is 6. The van der Waals surface area contributed by atoms with E-state index < -0.39 is 0 Å². The van der Waals surface area contributed by atoms with Crippen molar-refractivity contribution in [3.05, 3.63) is 158 Å². The van der Waals surface area contributed by atoms with Crippen LogP contribution in [0, 0.1) is 18.2 Å². The first-order valence-electron chi connectivity index (χ1n) is 19.7. The lowest BCUT2D eigenvalue weighted by atomic mass is 9.87. The molecule has 2 heterocycles. The molecular weight excluding hydrogens is 736 g/mol. The van der Waals surface area contributed by atoms with E-state index in [2.05, 4.69) is 32.5 Å². The van der Waals surface area contributed by atoms with Gasteiger partial charge in [-0.2, -0.15) is 0 Å². The van der Waals surface area contributed by atoms with E-state index in [4.69, 9.17) is 28.1 Å². The summed E-state index contributed by atoms with van der Waals surface area (Å²) < 4.78 is 27.1. The molecule has 0 radical (unpaired) electrons. The monoisotopic (exact) mass is 781 g/mol. The average Bonchev–Trinajstić information content (AvgIpc) is 3.51. The normalized spacial score (nSPS) is 13.0. The minimum Gasteiger partial charge on any atom is -0.392 e. The maximum absolute atomic E-state index is 13.6. The molecule has 5 nitrogen and oxygen atoms in total. The molecule has 6 aromatic rings. The Bertz CT molecular complexity index is 2490. The molecule has 0 atom stereocenters. The van der Waals surface area contributed by atoms with Gasteiger partial charge in [0.1, 0.15) is 11.6 Å². The molecule has 2 N–H and O–H groups in total. The summed E-state index contributed by atoms with van der Waals surface area (Å²) in [4.78, 5) is 13.6. The van der Waals surface area contributed by atoms with Crippen LogP contribution in [-0.4, -0.2) is 20.2 Å². The molecule has 4 aromatic carbocycles. The Morgan fingerprint density at radius 2 is 1.07 bits per heavy atom. The van der Waals surface area contributed by atoms with Crippen LogP contribution in [0.15, 0.2) is 84.9 Å². The van der Waals surface area contributed by atoms with Crippen molar-refractivity contribution in [3.63, 3.8) is 0 Å². The summed E-state index contributed by atoms with van der Waals surface area (Å²) in [5.74, 6) is -0.249. The Morgan fingerprint density at radius 1 is 0.632 bits per heavy atom. The fourth-order valence-electron chi connectivity index (χ4n) is 8.50. The number of aryl methyl sites for hydroxylation is 2. The second kappa shape index (κ2) is 17.1. The van der Waals surface area contributed by atoms with E-state index >= 15 is 0 Å². The molecule has 0 bridgehead atoms. The van der Waals surface area contributed by atoms with Crippen LogP contribution in [0.2, 0.25) is 5.02 Å². The molecule has 57 heavy (non-hydrogen) atoms. The van der Waals surface area contributed by atoms with E-state index in [0.29, 0.717) is 5.69 Å². The van der Waals surface area contributed by atoms with Gasteiger partial charge in [0, 0.05) is 38.7 Å². The number of nitrogens with zero attached hydrogens (tertiary/aromatic N) is 3. The third-order valence-corrected chi connectivity index (χ3v) is 11.3. The van der Waals surface area contributed by atoms with Crippen molar-refractivity contribution < 1.29 is 19.0 Å². The van der Waals surface area contributed by atoms with Crippen LogP contribution < -0.4 is 0 Å². The summed E-state index contributed by atoms with van der Waals surface area (Å²) in [6.45, 7) is 15.4. The van der Waals surface area contributed by atoms with Gasteiger partial charge in [-0.3, -0.25) is 9.97 Å². The first-order chi connectivity index (χ1) is 27.5. The van der Waals surface area contributed by atoms with Gasteiger partial charge in [0.05, 0.1) is 31.2 Å². The quantitative estimate of drug-likeness (QED) is 0.165. The Hall–Kier alpha value is -5.26. The van der Waals surface area contributed by atoms with Crippen LogP contribution in [0.3, 0.4) is 0 Å². The second-order valence-electron chi connectivity index (χ2n) is 15.5. The van der Waals surface area contributed by atoms with Gasteiger partial charge in [-0.25, -0.2) is 13.6 Å². The van der Waals surface area contributed by atoms with Crippen molar-refractivity contribution in [2.75, 3.05) is 0 Å². The standard InChI is InChI=1S/C25H23FN2O.C24H23ClFNO/c1-15(2)24-22(14-29)23(16-7-9-18(26)10-8-16)21-6-4-5-17-13-19(27-3)11-12-20(17)25(21)28-24;1-14(2)23-21(13-28)22(15-6-9-18(26)10-7-15)20-5-3-4-16-12-17(25)8-11-19(16)24(20)27-23/h7-13,15,29H,4-6,14H2,1-2H3;6-12,14,28H,3-5,13H2,1-2H3. The first kappa shape index (κ1) is 40.0. The minimum atomic E-state index is -0.277. The Morgan fingerprint density at radius 3 is 1.49 bits per heavy atom. The molecule has 8 heteroatoms. The largest absolute Gasteiger partial charge is 0.392 e. The number of pyridine rings is 2.